The van der Waals surface area contributed by atoms with Crippen molar-refractivity contribution < 1.29 is 9.59 Å². The maximum atomic E-state index is 12.4. The molecular formula is C14H19N3O2. The Morgan fingerprint density at radius 2 is 2.00 bits per heavy atom. The van der Waals surface area contributed by atoms with E-state index in [1.165, 1.54) is 0 Å². The van der Waals surface area contributed by atoms with E-state index in [0.717, 1.165) is 5.56 Å². The summed E-state index contributed by atoms with van der Waals surface area (Å²) in [5.41, 5.74) is 0.986. The van der Waals surface area contributed by atoms with Gasteiger partial charge in [0.25, 0.3) is 0 Å². The zero-order chi connectivity index (χ0) is 14.0. The van der Waals surface area contributed by atoms with Gasteiger partial charge >= 0.3 is 0 Å². The first-order chi connectivity index (χ1) is 9.06. The summed E-state index contributed by atoms with van der Waals surface area (Å²) in [5.74, 6) is -0.105. The first-order valence-corrected chi connectivity index (χ1v) is 6.58. The van der Waals surface area contributed by atoms with E-state index in [-0.39, 0.29) is 17.9 Å². The zero-order valence-electron chi connectivity index (χ0n) is 11.5. The Morgan fingerprint density at radius 1 is 1.37 bits per heavy atom. The van der Waals surface area contributed by atoms with Crippen LogP contribution in [0, 0.1) is 0 Å². The third-order valence-corrected chi connectivity index (χ3v) is 3.68. The van der Waals surface area contributed by atoms with Crippen LogP contribution in [0.25, 0.3) is 0 Å². The molecule has 5 nitrogen and oxygen atoms in total. The number of nitrogens with zero attached hydrogens (tertiary/aromatic N) is 2. The topological polar surface area (TPSA) is 62.3 Å². The van der Waals surface area contributed by atoms with Crippen LogP contribution in [0.15, 0.2) is 24.5 Å². The van der Waals surface area contributed by atoms with E-state index in [0.29, 0.717) is 6.42 Å². The van der Waals surface area contributed by atoms with Gasteiger partial charge in [0.2, 0.25) is 11.8 Å². The Balaban J connectivity index is 2.30. The van der Waals surface area contributed by atoms with Gasteiger partial charge in [0.1, 0.15) is 12.1 Å². The van der Waals surface area contributed by atoms with Crippen molar-refractivity contribution in [1.29, 1.82) is 0 Å². The van der Waals surface area contributed by atoms with E-state index >= 15 is 0 Å². The number of carbonyl (C=O) groups excluding carboxylic acids is 2. The van der Waals surface area contributed by atoms with E-state index in [1.807, 2.05) is 26.0 Å². The highest BCUT2D eigenvalue weighted by molar-refractivity contribution is 5.96. The van der Waals surface area contributed by atoms with Gasteiger partial charge in [0.15, 0.2) is 0 Å². The van der Waals surface area contributed by atoms with Crippen molar-refractivity contribution in [3.05, 3.63) is 30.1 Å². The molecule has 0 aliphatic carbocycles. The highest BCUT2D eigenvalue weighted by Gasteiger charge is 2.39. The molecule has 2 heterocycles. The summed E-state index contributed by atoms with van der Waals surface area (Å²) in [4.78, 5) is 30.0. The van der Waals surface area contributed by atoms with Crippen LogP contribution in [0.1, 0.15) is 38.8 Å². The van der Waals surface area contributed by atoms with E-state index in [9.17, 15) is 9.59 Å². The molecular weight excluding hydrogens is 242 g/mol. The predicted molar refractivity (Wildman–Crippen MR) is 71.2 cm³/mol. The normalized spacial score (nSPS) is 25.1. The van der Waals surface area contributed by atoms with Crippen molar-refractivity contribution in [2.24, 2.45) is 0 Å². The Bertz CT molecular complexity index is 475. The lowest BCUT2D eigenvalue weighted by molar-refractivity contribution is -0.151. The van der Waals surface area contributed by atoms with Crippen LogP contribution < -0.4 is 5.32 Å². The average molecular weight is 261 g/mol. The minimum atomic E-state index is -0.446. The van der Waals surface area contributed by atoms with Gasteiger partial charge in [-0.15, -0.1) is 0 Å². The summed E-state index contributed by atoms with van der Waals surface area (Å²) in [6.07, 6.45) is 4.00. The lowest BCUT2D eigenvalue weighted by Crippen LogP contribution is -2.62. The van der Waals surface area contributed by atoms with E-state index < -0.39 is 12.1 Å². The van der Waals surface area contributed by atoms with E-state index in [4.69, 9.17) is 0 Å². The molecule has 3 atom stereocenters. The van der Waals surface area contributed by atoms with Crippen molar-refractivity contribution in [1.82, 2.24) is 15.2 Å². The van der Waals surface area contributed by atoms with Crippen molar-refractivity contribution in [3.63, 3.8) is 0 Å². The molecule has 1 N–H and O–H groups in total. The summed E-state index contributed by atoms with van der Waals surface area (Å²) >= 11 is 0. The fraction of sp³-hybridized carbons (Fsp3) is 0.500. The standard InChI is InChI=1S/C14H19N3O2/c1-4-12-14(19)17(10(3)13(18)16-12)9(2)11-5-7-15-8-6-11/h5-10,12H,4H2,1-3H3,(H,16,18). The molecule has 0 aromatic carbocycles. The molecule has 2 rings (SSSR count). The molecule has 1 aliphatic heterocycles. The van der Waals surface area contributed by atoms with Crippen LogP contribution >= 0.6 is 0 Å². The second-order valence-corrected chi connectivity index (χ2v) is 4.85. The zero-order valence-corrected chi connectivity index (χ0v) is 11.5. The van der Waals surface area contributed by atoms with Crippen LogP contribution in [0.2, 0.25) is 0 Å². The van der Waals surface area contributed by atoms with Crippen LogP contribution in [-0.4, -0.2) is 33.8 Å². The minimum absolute atomic E-state index is 0.0149. The third kappa shape index (κ3) is 2.45. The van der Waals surface area contributed by atoms with Crippen LogP contribution in [0.4, 0.5) is 0 Å². The fourth-order valence-electron chi connectivity index (χ4n) is 2.46. The van der Waals surface area contributed by atoms with Crippen molar-refractivity contribution >= 4 is 11.8 Å². The van der Waals surface area contributed by atoms with Gasteiger partial charge in [0, 0.05) is 12.4 Å². The number of pyridine rings is 1. The monoisotopic (exact) mass is 261 g/mol. The molecule has 19 heavy (non-hydrogen) atoms. The molecule has 0 spiro atoms. The lowest BCUT2D eigenvalue weighted by atomic mass is 10.0. The van der Waals surface area contributed by atoms with Gasteiger partial charge < -0.3 is 10.2 Å². The maximum absolute atomic E-state index is 12.4. The number of rotatable bonds is 3. The van der Waals surface area contributed by atoms with Crippen molar-refractivity contribution in [2.75, 3.05) is 0 Å². The van der Waals surface area contributed by atoms with Gasteiger partial charge in [0.05, 0.1) is 6.04 Å². The summed E-state index contributed by atoms with van der Waals surface area (Å²) < 4.78 is 0. The molecule has 0 saturated carbocycles. The van der Waals surface area contributed by atoms with Gasteiger partial charge in [-0.2, -0.15) is 0 Å². The van der Waals surface area contributed by atoms with Crippen molar-refractivity contribution in [2.45, 2.75) is 45.3 Å². The van der Waals surface area contributed by atoms with Crippen LogP contribution in [0.3, 0.4) is 0 Å². The molecule has 1 saturated heterocycles. The molecule has 102 valence electrons. The average Bonchev–Trinajstić information content (AvgIpc) is 2.44. The molecule has 1 aliphatic rings. The molecule has 0 radical (unpaired) electrons. The second kappa shape index (κ2) is 5.38. The second-order valence-electron chi connectivity index (χ2n) is 4.85. The van der Waals surface area contributed by atoms with Crippen LogP contribution in [-0.2, 0) is 9.59 Å². The van der Waals surface area contributed by atoms with Gasteiger partial charge in [-0.3, -0.25) is 14.6 Å². The largest absolute Gasteiger partial charge is 0.343 e. The number of piperazine rings is 1. The molecule has 1 fully saturated rings. The Kier molecular flexibility index (Phi) is 3.83. The van der Waals surface area contributed by atoms with Crippen LogP contribution in [0.5, 0.6) is 0 Å². The third-order valence-electron chi connectivity index (χ3n) is 3.68. The number of aromatic nitrogens is 1. The number of hydrogen-bond acceptors (Lipinski definition) is 3. The summed E-state index contributed by atoms with van der Waals surface area (Å²) in [6.45, 7) is 5.60. The Morgan fingerprint density at radius 3 is 2.58 bits per heavy atom. The number of amides is 2. The maximum Gasteiger partial charge on any atom is 0.246 e. The summed E-state index contributed by atoms with van der Waals surface area (Å²) in [7, 11) is 0. The number of nitrogens with one attached hydrogen (secondary N) is 1. The van der Waals surface area contributed by atoms with E-state index in [2.05, 4.69) is 10.3 Å². The van der Waals surface area contributed by atoms with Gasteiger partial charge in [-0.05, 0) is 38.0 Å². The van der Waals surface area contributed by atoms with Gasteiger partial charge in [-0.1, -0.05) is 6.92 Å². The highest BCUT2D eigenvalue weighted by Crippen LogP contribution is 2.25. The SMILES string of the molecule is CCC1NC(=O)C(C)N(C(C)c2ccncc2)C1=O. The highest BCUT2D eigenvalue weighted by atomic mass is 16.2. The molecule has 3 unspecified atom stereocenters. The van der Waals surface area contributed by atoms with Gasteiger partial charge in [-0.25, -0.2) is 0 Å². The number of carbonyl (C=O) groups is 2. The Hall–Kier alpha value is -1.91. The number of hydrogen-bond donors (Lipinski definition) is 1. The smallest absolute Gasteiger partial charge is 0.246 e. The molecule has 0 bridgehead atoms. The summed E-state index contributed by atoms with van der Waals surface area (Å²) in [5, 5.41) is 2.76. The first kappa shape index (κ1) is 13.5. The molecule has 2 amide bonds. The van der Waals surface area contributed by atoms with Crippen molar-refractivity contribution in [3.8, 4) is 0 Å². The minimum Gasteiger partial charge on any atom is -0.343 e. The lowest BCUT2D eigenvalue weighted by Gasteiger charge is -2.40. The van der Waals surface area contributed by atoms with E-state index in [1.54, 1.807) is 24.2 Å². The molecule has 5 heteroatoms. The fourth-order valence-corrected chi connectivity index (χ4v) is 2.46. The predicted octanol–water partition coefficient (Wildman–Crippen LogP) is 1.27. The Labute approximate surface area is 113 Å². The molecule has 1 aromatic heterocycles. The summed E-state index contributed by atoms with van der Waals surface area (Å²) in [6, 6.07) is 2.76. The molecule has 1 aromatic rings. The first-order valence-electron chi connectivity index (χ1n) is 6.58. The quantitative estimate of drug-likeness (QED) is 0.891.